The van der Waals surface area contributed by atoms with E-state index in [2.05, 4.69) is 40.5 Å². The smallest absolute Gasteiger partial charge is 0.0956 e. The van der Waals surface area contributed by atoms with Gasteiger partial charge in [0, 0.05) is 6.54 Å². The van der Waals surface area contributed by atoms with E-state index in [-0.39, 0.29) is 5.60 Å². The van der Waals surface area contributed by atoms with Gasteiger partial charge in [-0.15, -0.1) is 0 Å². The van der Waals surface area contributed by atoms with E-state index in [1.807, 2.05) is 0 Å². The highest BCUT2D eigenvalue weighted by atomic mass is 16.5. The van der Waals surface area contributed by atoms with Crippen molar-refractivity contribution in [3.05, 3.63) is 35.9 Å². The molecule has 0 atom stereocenters. The Labute approximate surface area is 128 Å². The van der Waals surface area contributed by atoms with Crippen LogP contribution in [0.4, 0.5) is 0 Å². The zero-order valence-electron chi connectivity index (χ0n) is 13.0. The van der Waals surface area contributed by atoms with Crippen LogP contribution in [0.25, 0.3) is 0 Å². The highest BCUT2D eigenvalue weighted by molar-refractivity contribution is 5.23. The van der Waals surface area contributed by atoms with Gasteiger partial charge in [0.15, 0.2) is 0 Å². The first-order chi connectivity index (χ1) is 10.4. The molecule has 2 aliphatic rings. The van der Waals surface area contributed by atoms with E-state index in [1.54, 1.807) is 0 Å². The molecule has 0 saturated carbocycles. The van der Waals surface area contributed by atoms with Crippen LogP contribution in [-0.4, -0.2) is 44.2 Å². The first kappa shape index (κ1) is 15.0. The Balaban J connectivity index is 1.60. The van der Waals surface area contributed by atoms with E-state index in [9.17, 15) is 0 Å². The van der Waals surface area contributed by atoms with Crippen molar-refractivity contribution >= 4 is 0 Å². The number of piperidine rings is 2. The fourth-order valence-corrected chi connectivity index (χ4v) is 3.64. The Hall–Kier alpha value is -0.900. The van der Waals surface area contributed by atoms with E-state index < -0.39 is 0 Å². The summed E-state index contributed by atoms with van der Waals surface area (Å²) in [6, 6.07) is 10.8. The van der Waals surface area contributed by atoms with E-state index in [1.165, 1.54) is 37.9 Å². The van der Waals surface area contributed by atoms with Gasteiger partial charge in [-0.25, -0.2) is 0 Å². The lowest BCUT2D eigenvalue weighted by molar-refractivity contribution is -0.0778. The van der Waals surface area contributed by atoms with Gasteiger partial charge in [0.1, 0.15) is 0 Å². The third kappa shape index (κ3) is 3.85. The maximum absolute atomic E-state index is 6.48. The van der Waals surface area contributed by atoms with Crippen molar-refractivity contribution in [2.24, 2.45) is 0 Å². The maximum Gasteiger partial charge on any atom is 0.0956 e. The number of ether oxygens (including phenoxy) is 1. The van der Waals surface area contributed by atoms with E-state index in [0.717, 1.165) is 39.1 Å². The lowest BCUT2D eigenvalue weighted by Crippen LogP contribution is -2.43. The number of hydrogen-bond acceptors (Lipinski definition) is 3. The molecule has 3 heteroatoms. The average molecular weight is 288 g/mol. The minimum atomic E-state index is -0.0672. The van der Waals surface area contributed by atoms with E-state index >= 15 is 0 Å². The minimum absolute atomic E-state index is 0.0672. The molecular formula is C18H28N2O. The normalized spacial score (nSPS) is 23.0. The van der Waals surface area contributed by atoms with Crippen molar-refractivity contribution in [3.8, 4) is 0 Å². The lowest BCUT2D eigenvalue weighted by Gasteiger charge is -2.39. The largest absolute Gasteiger partial charge is 0.369 e. The molecule has 0 aliphatic carbocycles. The number of benzene rings is 1. The van der Waals surface area contributed by atoms with E-state index in [4.69, 9.17) is 4.74 Å². The summed E-state index contributed by atoms with van der Waals surface area (Å²) in [7, 11) is 0. The summed E-state index contributed by atoms with van der Waals surface area (Å²) in [5.74, 6) is 0. The Kier molecular flexibility index (Phi) is 5.28. The quantitative estimate of drug-likeness (QED) is 0.901. The second-order valence-electron chi connectivity index (χ2n) is 6.36. The fraction of sp³-hybridized carbons (Fsp3) is 0.667. The van der Waals surface area contributed by atoms with Crippen molar-refractivity contribution < 1.29 is 4.74 Å². The Morgan fingerprint density at radius 2 is 1.71 bits per heavy atom. The third-order valence-corrected chi connectivity index (χ3v) is 4.95. The van der Waals surface area contributed by atoms with Crippen molar-refractivity contribution in [2.45, 2.75) is 37.7 Å². The molecule has 2 heterocycles. The highest BCUT2D eigenvalue weighted by Gasteiger charge is 2.34. The van der Waals surface area contributed by atoms with Crippen molar-refractivity contribution in [1.82, 2.24) is 10.2 Å². The van der Waals surface area contributed by atoms with Crippen molar-refractivity contribution in [2.75, 3.05) is 39.3 Å². The topological polar surface area (TPSA) is 24.5 Å². The molecule has 1 aromatic rings. The number of likely N-dealkylation sites (tertiary alicyclic amines) is 1. The number of rotatable bonds is 5. The van der Waals surface area contributed by atoms with Crippen LogP contribution >= 0.6 is 0 Å². The van der Waals surface area contributed by atoms with Gasteiger partial charge in [0.25, 0.3) is 0 Å². The van der Waals surface area contributed by atoms with Gasteiger partial charge in [0.05, 0.1) is 12.2 Å². The molecule has 0 bridgehead atoms. The number of nitrogens with zero attached hydrogens (tertiary/aromatic N) is 1. The summed E-state index contributed by atoms with van der Waals surface area (Å²) in [5, 5.41) is 3.46. The molecule has 2 saturated heterocycles. The summed E-state index contributed by atoms with van der Waals surface area (Å²) in [5.41, 5.74) is 1.28. The van der Waals surface area contributed by atoms with Crippen LogP contribution in [0, 0.1) is 0 Å². The Bertz CT molecular complexity index is 408. The van der Waals surface area contributed by atoms with Gasteiger partial charge in [-0.2, -0.15) is 0 Å². The summed E-state index contributed by atoms with van der Waals surface area (Å²) < 4.78 is 6.48. The molecule has 3 nitrogen and oxygen atoms in total. The second kappa shape index (κ2) is 7.39. The Morgan fingerprint density at radius 3 is 2.43 bits per heavy atom. The van der Waals surface area contributed by atoms with Gasteiger partial charge in [0.2, 0.25) is 0 Å². The molecular weight excluding hydrogens is 260 g/mol. The first-order valence-electron chi connectivity index (χ1n) is 8.52. The zero-order chi connectivity index (χ0) is 14.4. The van der Waals surface area contributed by atoms with Gasteiger partial charge in [-0.05, 0) is 57.4 Å². The Morgan fingerprint density at radius 1 is 1.00 bits per heavy atom. The molecule has 0 radical (unpaired) electrons. The number of hydrogen-bond donors (Lipinski definition) is 1. The molecule has 0 unspecified atom stereocenters. The summed E-state index contributed by atoms with van der Waals surface area (Å²) in [6.45, 7) is 6.56. The van der Waals surface area contributed by atoms with Crippen LogP contribution in [-0.2, 0) is 10.3 Å². The summed E-state index contributed by atoms with van der Waals surface area (Å²) >= 11 is 0. The molecule has 0 amide bonds. The molecule has 3 rings (SSSR count). The molecule has 1 N–H and O–H groups in total. The SMILES string of the molecule is c1ccc(C2(OCCN3CCCCC3)CCNCC2)cc1. The molecule has 21 heavy (non-hydrogen) atoms. The molecule has 2 aliphatic heterocycles. The second-order valence-corrected chi connectivity index (χ2v) is 6.36. The van der Waals surface area contributed by atoms with Crippen molar-refractivity contribution in [1.29, 1.82) is 0 Å². The van der Waals surface area contributed by atoms with Crippen LogP contribution in [0.5, 0.6) is 0 Å². The fourth-order valence-electron chi connectivity index (χ4n) is 3.64. The van der Waals surface area contributed by atoms with Gasteiger partial charge < -0.3 is 15.0 Å². The van der Waals surface area contributed by atoms with Gasteiger partial charge in [-0.3, -0.25) is 0 Å². The first-order valence-corrected chi connectivity index (χ1v) is 8.52. The molecule has 1 aromatic carbocycles. The zero-order valence-corrected chi connectivity index (χ0v) is 13.0. The van der Waals surface area contributed by atoms with Gasteiger partial charge >= 0.3 is 0 Å². The van der Waals surface area contributed by atoms with Crippen LogP contribution in [0.2, 0.25) is 0 Å². The average Bonchev–Trinajstić information content (AvgIpc) is 2.58. The molecule has 0 aromatic heterocycles. The van der Waals surface area contributed by atoms with Crippen LogP contribution in [0.3, 0.4) is 0 Å². The molecule has 116 valence electrons. The van der Waals surface area contributed by atoms with Crippen LogP contribution < -0.4 is 5.32 Å². The van der Waals surface area contributed by atoms with Crippen LogP contribution in [0.15, 0.2) is 30.3 Å². The van der Waals surface area contributed by atoms with Gasteiger partial charge in [-0.1, -0.05) is 36.8 Å². The number of nitrogens with one attached hydrogen (secondary N) is 1. The predicted octanol–water partition coefficient (Wildman–Crippen LogP) is 2.77. The van der Waals surface area contributed by atoms with Crippen LogP contribution in [0.1, 0.15) is 37.7 Å². The lowest BCUT2D eigenvalue weighted by atomic mass is 9.85. The molecule has 2 fully saturated rings. The predicted molar refractivity (Wildman–Crippen MR) is 86.5 cm³/mol. The summed E-state index contributed by atoms with van der Waals surface area (Å²) in [6.07, 6.45) is 6.27. The maximum atomic E-state index is 6.48. The monoisotopic (exact) mass is 288 g/mol. The molecule has 0 spiro atoms. The minimum Gasteiger partial charge on any atom is -0.369 e. The highest BCUT2D eigenvalue weighted by Crippen LogP contribution is 2.34. The van der Waals surface area contributed by atoms with E-state index in [0.29, 0.717) is 0 Å². The standard InChI is InChI=1S/C18H28N2O/c1-3-7-17(8-4-1)18(9-11-19-12-10-18)21-16-15-20-13-5-2-6-14-20/h1,3-4,7-8,19H,2,5-6,9-16H2. The third-order valence-electron chi connectivity index (χ3n) is 4.95. The van der Waals surface area contributed by atoms with Crippen molar-refractivity contribution in [3.63, 3.8) is 0 Å². The summed E-state index contributed by atoms with van der Waals surface area (Å²) in [4.78, 5) is 2.56.